The van der Waals surface area contributed by atoms with E-state index in [2.05, 4.69) is 26.0 Å². The quantitative estimate of drug-likeness (QED) is 0.852. The highest BCUT2D eigenvalue weighted by atomic mass is 19.1. The molecule has 0 radical (unpaired) electrons. The summed E-state index contributed by atoms with van der Waals surface area (Å²) in [5.41, 5.74) is 8.49. The number of ether oxygens (including phenoxy) is 1. The van der Waals surface area contributed by atoms with E-state index < -0.39 is 6.04 Å². The van der Waals surface area contributed by atoms with Crippen LogP contribution in [0.4, 0.5) is 4.39 Å². The highest BCUT2D eigenvalue weighted by molar-refractivity contribution is 5.45. The fraction of sp³-hybridized carbons (Fsp3) is 0.333. The van der Waals surface area contributed by atoms with Gasteiger partial charge >= 0.3 is 0 Å². The molecule has 2 rings (SSSR count). The molecular weight excluding hydrogens is 265 g/mol. The van der Waals surface area contributed by atoms with Crippen molar-refractivity contribution in [3.05, 3.63) is 58.9 Å². The summed E-state index contributed by atoms with van der Waals surface area (Å²) in [6, 6.07) is 10.5. The Morgan fingerprint density at radius 1 is 1.05 bits per heavy atom. The Labute approximate surface area is 125 Å². The van der Waals surface area contributed by atoms with E-state index in [4.69, 9.17) is 10.5 Å². The van der Waals surface area contributed by atoms with Crippen LogP contribution in [0, 0.1) is 12.7 Å². The van der Waals surface area contributed by atoms with Gasteiger partial charge in [-0.2, -0.15) is 0 Å². The van der Waals surface area contributed by atoms with Crippen LogP contribution in [0.1, 0.15) is 49.4 Å². The first kappa shape index (κ1) is 15.5. The van der Waals surface area contributed by atoms with Gasteiger partial charge in [-0.15, -0.1) is 0 Å². The van der Waals surface area contributed by atoms with Gasteiger partial charge in [-0.1, -0.05) is 32.0 Å². The molecule has 2 aromatic carbocycles. The number of nitrogens with two attached hydrogens (primary N) is 1. The van der Waals surface area contributed by atoms with Crippen molar-refractivity contribution in [3.63, 3.8) is 0 Å². The van der Waals surface area contributed by atoms with Crippen LogP contribution >= 0.6 is 0 Å². The van der Waals surface area contributed by atoms with E-state index in [1.807, 2.05) is 13.0 Å². The maximum Gasteiger partial charge on any atom is 0.135 e. The summed E-state index contributed by atoms with van der Waals surface area (Å²) < 4.78 is 20.0. The molecule has 0 saturated heterocycles. The van der Waals surface area contributed by atoms with Gasteiger partial charge in [-0.05, 0) is 49.1 Å². The molecule has 0 heterocycles. The zero-order valence-electron chi connectivity index (χ0n) is 13.0. The molecular formula is C18H22FNO. The molecule has 0 bridgehead atoms. The Kier molecular flexibility index (Phi) is 4.63. The van der Waals surface area contributed by atoms with Gasteiger partial charge in [0.2, 0.25) is 0 Å². The van der Waals surface area contributed by atoms with Gasteiger partial charge < -0.3 is 10.5 Å². The predicted octanol–water partition coefficient (Wildman–Crippen LogP) is 5.07. The van der Waals surface area contributed by atoms with E-state index in [-0.39, 0.29) is 5.82 Å². The molecule has 1 unspecified atom stereocenters. The summed E-state index contributed by atoms with van der Waals surface area (Å²) >= 11 is 0. The largest absolute Gasteiger partial charge is 0.457 e. The second-order valence-electron chi connectivity index (χ2n) is 5.74. The van der Waals surface area contributed by atoms with Gasteiger partial charge in [0, 0.05) is 11.6 Å². The van der Waals surface area contributed by atoms with E-state index in [9.17, 15) is 4.39 Å². The SMILES string of the molecule is Cc1ccc(C(C)C)c(Oc2cccc(F)c2C(C)N)c1. The maximum atomic E-state index is 14.0. The molecule has 0 fully saturated rings. The lowest BCUT2D eigenvalue weighted by atomic mass is 10.0. The van der Waals surface area contributed by atoms with Crippen LogP contribution in [-0.4, -0.2) is 0 Å². The Hall–Kier alpha value is -1.87. The predicted molar refractivity (Wildman–Crippen MR) is 84.3 cm³/mol. The lowest BCUT2D eigenvalue weighted by molar-refractivity contribution is 0.453. The summed E-state index contributed by atoms with van der Waals surface area (Å²) in [5.74, 6) is 1.24. The van der Waals surface area contributed by atoms with Crippen molar-refractivity contribution in [2.45, 2.75) is 39.7 Å². The second-order valence-corrected chi connectivity index (χ2v) is 5.74. The lowest BCUT2D eigenvalue weighted by Gasteiger charge is -2.18. The standard InChI is InChI=1S/C18H22FNO/c1-11(2)14-9-8-12(3)10-17(14)21-16-7-5-6-15(19)18(16)13(4)20/h5-11,13H,20H2,1-4H3. The molecule has 3 heteroatoms. The number of hydrogen-bond donors (Lipinski definition) is 1. The third-order valence-electron chi connectivity index (χ3n) is 3.48. The van der Waals surface area contributed by atoms with Crippen LogP contribution < -0.4 is 10.5 Å². The minimum Gasteiger partial charge on any atom is -0.457 e. The van der Waals surface area contributed by atoms with Crippen molar-refractivity contribution in [3.8, 4) is 11.5 Å². The molecule has 0 amide bonds. The van der Waals surface area contributed by atoms with Crippen molar-refractivity contribution in [1.29, 1.82) is 0 Å². The van der Waals surface area contributed by atoms with E-state index in [1.54, 1.807) is 19.1 Å². The highest BCUT2D eigenvalue weighted by Gasteiger charge is 2.16. The minimum atomic E-state index is -0.423. The average Bonchev–Trinajstić information content (AvgIpc) is 2.37. The molecule has 2 nitrogen and oxygen atoms in total. The van der Waals surface area contributed by atoms with Crippen LogP contribution in [0.15, 0.2) is 36.4 Å². The van der Waals surface area contributed by atoms with Gasteiger partial charge in [0.05, 0.1) is 0 Å². The number of benzene rings is 2. The van der Waals surface area contributed by atoms with Crippen LogP contribution in [0.25, 0.3) is 0 Å². The topological polar surface area (TPSA) is 35.2 Å². The van der Waals surface area contributed by atoms with Gasteiger partial charge in [0.25, 0.3) is 0 Å². The fourth-order valence-corrected chi connectivity index (χ4v) is 2.37. The van der Waals surface area contributed by atoms with E-state index >= 15 is 0 Å². The average molecular weight is 287 g/mol. The number of rotatable bonds is 4. The molecule has 112 valence electrons. The van der Waals surface area contributed by atoms with E-state index in [1.165, 1.54) is 6.07 Å². The second kappa shape index (κ2) is 6.27. The molecule has 1 atom stereocenters. The van der Waals surface area contributed by atoms with Crippen molar-refractivity contribution in [2.75, 3.05) is 0 Å². The highest BCUT2D eigenvalue weighted by Crippen LogP contribution is 2.35. The molecule has 0 saturated carbocycles. The fourth-order valence-electron chi connectivity index (χ4n) is 2.37. The summed E-state index contributed by atoms with van der Waals surface area (Å²) in [6.07, 6.45) is 0. The molecule has 0 aliphatic rings. The van der Waals surface area contributed by atoms with Crippen LogP contribution in [0.5, 0.6) is 11.5 Å². The van der Waals surface area contributed by atoms with Crippen LogP contribution in [0.3, 0.4) is 0 Å². The van der Waals surface area contributed by atoms with Crippen molar-refractivity contribution in [1.82, 2.24) is 0 Å². The Bertz CT molecular complexity index is 635. The molecule has 2 aromatic rings. The third kappa shape index (κ3) is 3.42. The summed E-state index contributed by atoms with van der Waals surface area (Å²) in [7, 11) is 0. The molecule has 2 N–H and O–H groups in total. The first-order chi connectivity index (χ1) is 9.90. The molecule has 21 heavy (non-hydrogen) atoms. The lowest BCUT2D eigenvalue weighted by Crippen LogP contribution is -2.09. The summed E-state index contributed by atoms with van der Waals surface area (Å²) in [6.45, 7) is 7.98. The minimum absolute atomic E-state index is 0.327. The summed E-state index contributed by atoms with van der Waals surface area (Å²) in [4.78, 5) is 0. The van der Waals surface area contributed by atoms with Crippen LogP contribution in [0.2, 0.25) is 0 Å². The molecule has 0 aromatic heterocycles. The molecule has 0 aliphatic carbocycles. The van der Waals surface area contributed by atoms with E-state index in [0.717, 1.165) is 16.9 Å². The maximum absolute atomic E-state index is 14.0. The van der Waals surface area contributed by atoms with Gasteiger partial charge in [0.1, 0.15) is 17.3 Å². The molecule has 0 spiro atoms. The van der Waals surface area contributed by atoms with Crippen molar-refractivity contribution < 1.29 is 9.13 Å². The molecule has 0 aliphatic heterocycles. The first-order valence-corrected chi connectivity index (χ1v) is 7.22. The first-order valence-electron chi connectivity index (χ1n) is 7.22. The van der Waals surface area contributed by atoms with Crippen molar-refractivity contribution in [2.24, 2.45) is 5.73 Å². The Balaban J connectivity index is 2.48. The van der Waals surface area contributed by atoms with E-state index in [0.29, 0.717) is 17.2 Å². The van der Waals surface area contributed by atoms with Gasteiger partial charge in [-0.25, -0.2) is 4.39 Å². The number of halogens is 1. The number of aryl methyl sites for hydroxylation is 1. The van der Waals surface area contributed by atoms with Gasteiger partial charge in [-0.3, -0.25) is 0 Å². The monoisotopic (exact) mass is 287 g/mol. The summed E-state index contributed by atoms with van der Waals surface area (Å²) in [5, 5.41) is 0. The Morgan fingerprint density at radius 2 is 1.76 bits per heavy atom. The Morgan fingerprint density at radius 3 is 2.38 bits per heavy atom. The van der Waals surface area contributed by atoms with Crippen LogP contribution in [-0.2, 0) is 0 Å². The van der Waals surface area contributed by atoms with Gasteiger partial charge in [0.15, 0.2) is 0 Å². The third-order valence-corrected chi connectivity index (χ3v) is 3.48. The smallest absolute Gasteiger partial charge is 0.135 e. The zero-order valence-corrected chi connectivity index (χ0v) is 13.0. The zero-order chi connectivity index (χ0) is 15.6. The van der Waals surface area contributed by atoms with Crippen molar-refractivity contribution >= 4 is 0 Å². The normalized spacial score (nSPS) is 12.5. The number of hydrogen-bond acceptors (Lipinski definition) is 2.